The molecular formula is C13H13Cl2NO. The number of furan rings is 1. The smallest absolute Gasteiger partial charge is 0.123 e. The monoisotopic (exact) mass is 269 g/mol. The van der Waals surface area contributed by atoms with Crippen LogP contribution in [0.4, 0.5) is 5.69 Å². The maximum absolute atomic E-state index is 6.05. The Kier molecular flexibility index (Phi) is 3.97. The van der Waals surface area contributed by atoms with E-state index in [1.54, 1.807) is 12.1 Å². The fourth-order valence-corrected chi connectivity index (χ4v) is 2.00. The lowest BCUT2D eigenvalue weighted by Crippen LogP contribution is -1.98. The molecule has 0 spiro atoms. The maximum atomic E-state index is 6.05. The van der Waals surface area contributed by atoms with Gasteiger partial charge in [-0.1, -0.05) is 30.1 Å². The third kappa shape index (κ3) is 3.18. The van der Waals surface area contributed by atoms with Crippen molar-refractivity contribution in [3.8, 4) is 0 Å². The molecule has 0 atom stereocenters. The van der Waals surface area contributed by atoms with Crippen LogP contribution in [-0.2, 0) is 13.0 Å². The predicted molar refractivity (Wildman–Crippen MR) is 71.9 cm³/mol. The molecule has 4 heteroatoms. The third-order valence-corrected chi connectivity index (χ3v) is 3.00. The predicted octanol–water partition coefficient (Wildman–Crippen LogP) is 4.76. The number of rotatable bonds is 4. The lowest BCUT2D eigenvalue weighted by molar-refractivity contribution is 0.476. The number of anilines is 1. The van der Waals surface area contributed by atoms with Gasteiger partial charge in [0.05, 0.1) is 17.3 Å². The van der Waals surface area contributed by atoms with Gasteiger partial charge in [0.15, 0.2) is 0 Å². The molecule has 0 radical (unpaired) electrons. The quantitative estimate of drug-likeness (QED) is 0.866. The molecule has 1 aromatic carbocycles. The molecule has 0 bridgehead atoms. The Labute approximate surface area is 111 Å². The van der Waals surface area contributed by atoms with Crippen LogP contribution in [0.15, 0.2) is 34.7 Å². The van der Waals surface area contributed by atoms with E-state index in [1.165, 1.54) is 0 Å². The van der Waals surface area contributed by atoms with Gasteiger partial charge >= 0.3 is 0 Å². The van der Waals surface area contributed by atoms with E-state index in [9.17, 15) is 0 Å². The molecule has 0 aliphatic carbocycles. The molecule has 2 rings (SSSR count). The van der Waals surface area contributed by atoms with Crippen molar-refractivity contribution in [3.05, 3.63) is 51.9 Å². The number of aryl methyl sites for hydroxylation is 1. The van der Waals surface area contributed by atoms with Crippen molar-refractivity contribution in [2.45, 2.75) is 19.9 Å². The van der Waals surface area contributed by atoms with Gasteiger partial charge in [-0.15, -0.1) is 0 Å². The highest BCUT2D eigenvalue weighted by molar-refractivity contribution is 6.36. The first-order valence-electron chi connectivity index (χ1n) is 5.45. The molecule has 0 saturated heterocycles. The second kappa shape index (κ2) is 5.48. The van der Waals surface area contributed by atoms with Crippen molar-refractivity contribution in [1.82, 2.24) is 0 Å². The van der Waals surface area contributed by atoms with E-state index in [-0.39, 0.29) is 0 Å². The van der Waals surface area contributed by atoms with E-state index in [0.29, 0.717) is 16.6 Å². The van der Waals surface area contributed by atoms with Crippen molar-refractivity contribution in [1.29, 1.82) is 0 Å². The second-order valence-corrected chi connectivity index (χ2v) is 4.54. The molecule has 0 aliphatic heterocycles. The van der Waals surface area contributed by atoms with Crippen molar-refractivity contribution >= 4 is 28.9 Å². The summed E-state index contributed by atoms with van der Waals surface area (Å²) in [4.78, 5) is 0. The minimum atomic E-state index is 0.611. The van der Waals surface area contributed by atoms with Gasteiger partial charge in [0.2, 0.25) is 0 Å². The standard InChI is InChI=1S/C13H13Cl2NO/c1-2-10-4-5-11(17-10)8-16-13-6-3-9(14)7-12(13)15/h3-7,16H,2,8H2,1H3. The molecule has 0 unspecified atom stereocenters. The SMILES string of the molecule is CCc1ccc(CNc2ccc(Cl)cc2Cl)o1. The number of hydrogen-bond acceptors (Lipinski definition) is 2. The first kappa shape index (κ1) is 12.3. The zero-order valence-corrected chi connectivity index (χ0v) is 11.0. The molecule has 0 fully saturated rings. The van der Waals surface area contributed by atoms with E-state index in [1.807, 2.05) is 18.2 Å². The van der Waals surface area contributed by atoms with Gasteiger partial charge in [0.1, 0.15) is 11.5 Å². The van der Waals surface area contributed by atoms with Gasteiger partial charge in [0.25, 0.3) is 0 Å². The van der Waals surface area contributed by atoms with Crippen molar-refractivity contribution in [2.75, 3.05) is 5.32 Å². The second-order valence-electron chi connectivity index (χ2n) is 3.70. The molecule has 2 aromatic rings. The fraction of sp³-hybridized carbons (Fsp3) is 0.231. The molecule has 0 amide bonds. The largest absolute Gasteiger partial charge is 0.464 e. The molecule has 1 N–H and O–H groups in total. The lowest BCUT2D eigenvalue weighted by atomic mass is 10.3. The van der Waals surface area contributed by atoms with Crippen LogP contribution in [0, 0.1) is 0 Å². The van der Waals surface area contributed by atoms with E-state index >= 15 is 0 Å². The van der Waals surface area contributed by atoms with Crippen LogP contribution in [0.2, 0.25) is 10.0 Å². The van der Waals surface area contributed by atoms with Crippen molar-refractivity contribution < 1.29 is 4.42 Å². The minimum Gasteiger partial charge on any atom is -0.464 e. The topological polar surface area (TPSA) is 25.2 Å². The number of benzene rings is 1. The first-order valence-corrected chi connectivity index (χ1v) is 6.21. The Morgan fingerprint density at radius 2 is 1.88 bits per heavy atom. The van der Waals surface area contributed by atoms with E-state index in [4.69, 9.17) is 27.6 Å². The molecule has 1 aromatic heterocycles. The number of hydrogen-bond donors (Lipinski definition) is 1. The highest BCUT2D eigenvalue weighted by Gasteiger charge is 2.03. The van der Waals surface area contributed by atoms with Crippen LogP contribution in [0.5, 0.6) is 0 Å². The highest BCUT2D eigenvalue weighted by Crippen LogP contribution is 2.25. The summed E-state index contributed by atoms with van der Waals surface area (Å²) < 4.78 is 5.59. The summed E-state index contributed by atoms with van der Waals surface area (Å²) in [5.74, 6) is 1.89. The zero-order valence-electron chi connectivity index (χ0n) is 9.47. The summed E-state index contributed by atoms with van der Waals surface area (Å²) in [5.41, 5.74) is 0.852. The summed E-state index contributed by atoms with van der Waals surface area (Å²) in [6, 6.07) is 9.32. The summed E-state index contributed by atoms with van der Waals surface area (Å²) in [5, 5.41) is 4.45. The average Bonchev–Trinajstić information content (AvgIpc) is 2.76. The average molecular weight is 270 g/mol. The molecule has 1 heterocycles. The van der Waals surface area contributed by atoms with E-state index in [0.717, 1.165) is 23.6 Å². The van der Waals surface area contributed by atoms with E-state index < -0.39 is 0 Å². The molecular weight excluding hydrogens is 257 g/mol. The Bertz CT molecular complexity index is 508. The van der Waals surface area contributed by atoms with E-state index in [2.05, 4.69) is 12.2 Å². The third-order valence-electron chi connectivity index (χ3n) is 2.45. The lowest BCUT2D eigenvalue weighted by Gasteiger charge is -2.06. The normalized spacial score (nSPS) is 10.5. The minimum absolute atomic E-state index is 0.611. The van der Waals surface area contributed by atoms with Gasteiger partial charge < -0.3 is 9.73 Å². The Morgan fingerprint density at radius 1 is 1.12 bits per heavy atom. The fourth-order valence-electron chi connectivity index (χ4n) is 1.52. The molecule has 17 heavy (non-hydrogen) atoms. The van der Waals surface area contributed by atoms with Crippen LogP contribution in [-0.4, -0.2) is 0 Å². The summed E-state index contributed by atoms with van der Waals surface area (Å²) in [6.07, 6.45) is 0.904. The van der Waals surface area contributed by atoms with Gasteiger partial charge in [-0.2, -0.15) is 0 Å². The summed E-state index contributed by atoms with van der Waals surface area (Å²) >= 11 is 11.9. The highest BCUT2D eigenvalue weighted by atomic mass is 35.5. The van der Waals surface area contributed by atoms with Crippen LogP contribution >= 0.6 is 23.2 Å². The van der Waals surface area contributed by atoms with Crippen LogP contribution in [0.3, 0.4) is 0 Å². The molecule has 0 aliphatic rings. The van der Waals surface area contributed by atoms with Gasteiger partial charge in [0, 0.05) is 11.4 Å². The Balaban J connectivity index is 2.02. The van der Waals surface area contributed by atoms with Gasteiger partial charge in [-0.05, 0) is 30.3 Å². The molecule has 0 saturated carbocycles. The zero-order chi connectivity index (χ0) is 12.3. The Morgan fingerprint density at radius 3 is 2.53 bits per heavy atom. The van der Waals surface area contributed by atoms with Gasteiger partial charge in [-0.3, -0.25) is 0 Å². The van der Waals surface area contributed by atoms with Crippen LogP contribution in [0.1, 0.15) is 18.4 Å². The van der Waals surface area contributed by atoms with Crippen molar-refractivity contribution in [2.24, 2.45) is 0 Å². The number of nitrogens with one attached hydrogen (secondary N) is 1. The first-order chi connectivity index (χ1) is 8.19. The molecule has 2 nitrogen and oxygen atoms in total. The van der Waals surface area contributed by atoms with Crippen LogP contribution in [0.25, 0.3) is 0 Å². The summed E-state index contributed by atoms with van der Waals surface area (Å²) in [7, 11) is 0. The maximum Gasteiger partial charge on any atom is 0.123 e. The van der Waals surface area contributed by atoms with Crippen molar-refractivity contribution in [3.63, 3.8) is 0 Å². The number of halogens is 2. The Hall–Kier alpha value is -1.12. The van der Waals surface area contributed by atoms with Gasteiger partial charge in [-0.25, -0.2) is 0 Å². The summed E-state index contributed by atoms with van der Waals surface area (Å²) in [6.45, 7) is 2.67. The van der Waals surface area contributed by atoms with Crippen LogP contribution < -0.4 is 5.32 Å². The molecule has 90 valence electrons.